The Labute approximate surface area is 344 Å². The summed E-state index contributed by atoms with van der Waals surface area (Å²) >= 11 is 0. The number of phenolic OH excluding ortho intramolecular Hbond substituents is 3. The molecule has 11 nitrogen and oxygen atoms in total. The van der Waals surface area contributed by atoms with Gasteiger partial charge in [0.1, 0.15) is 46.4 Å². The van der Waals surface area contributed by atoms with E-state index in [1.54, 1.807) is 56.7 Å². The smallest absolute Gasteiger partial charge is 0.133 e. The fourth-order valence-corrected chi connectivity index (χ4v) is 9.36. The summed E-state index contributed by atoms with van der Waals surface area (Å²) in [5.74, 6) is 1.84. The molecule has 8 rings (SSSR count). The van der Waals surface area contributed by atoms with Crippen molar-refractivity contribution in [3.05, 3.63) is 101 Å². The normalized spacial score (nSPS) is 21.4. The maximum Gasteiger partial charge on any atom is 0.133 e. The number of ether oxygens (including phenoxy) is 6. The Bertz CT molecular complexity index is 2250. The Morgan fingerprint density at radius 1 is 0.763 bits per heavy atom. The van der Waals surface area contributed by atoms with Crippen molar-refractivity contribution in [2.24, 2.45) is 11.8 Å². The van der Waals surface area contributed by atoms with Crippen molar-refractivity contribution in [2.75, 3.05) is 40.6 Å². The minimum atomic E-state index is -1.01. The second-order valence-electron chi connectivity index (χ2n) is 16.0. The molecule has 1 fully saturated rings. The Morgan fingerprint density at radius 3 is 2.34 bits per heavy atom. The number of aliphatic hydroxyl groups is 2. The number of aliphatic hydroxyl groups excluding tert-OH is 2. The van der Waals surface area contributed by atoms with E-state index in [4.69, 9.17) is 28.4 Å². The zero-order valence-electron chi connectivity index (χ0n) is 33.6. The van der Waals surface area contributed by atoms with E-state index in [2.05, 4.69) is 0 Å². The van der Waals surface area contributed by atoms with Gasteiger partial charge in [0.25, 0.3) is 0 Å². The number of hydrogen-bond acceptors (Lipinski definition) is 11. The van der Waals surface area contributed by atoms with Crippen LogP contribution in [-0.2, 0) is 15.9 Å². The van der Waals surface area contributed by atoms with Crippen molar-refractivity contribution >= 4 is 10.8 Å². The molecule has 0 bridgehead atoms. The summed E-state index contributed by atoms with van der Waals surface area (Å²) in [6.07, 6.45) is 4.22. The van der Waals surface area contributed by atoms with Gasteiger partial charge in [0.2, 0.25) is 0 Å². The van der Waals surface area contributed by atoms with Crippen LogP contribution in [0.1, 0.15) is 79.4 Å². The van der Waals surface area contributed by atoms with Crippen LogP contribution in [0.3, 0.4) is 0 Å². The number of methoxy groups -OCH3 is 2. The molecule has 5 N–H and O–H groups in total. The number of benzene rings is 5. The molecular weight excluding hydrogens is 753 g/mol. The summed E-state index contributed by atoms with van der Waals surface area (Å²) < 4.78 is 38.5. The molecular formula is C48H54O11. The molecule has 0 saturated heterocycles. The Hall–Kier alpha value is -5.20. The largest absolute Gasteiger partial charge is 0.508 e. The molecule has 0 spiro atoms. The van der Waals surface area contributed by atoms with Crippen molar-refractivity contribution in [1.82, 2.24) is 0 Å². The van der Waals surface area contributed by atoms with Gasteiger partial charge in [0.05, 0.1) is 32.0 Å². The Kier molecular flexibility index (Phi) is 12.4. The minimum Gasteiger partial charge on any atom is -0.508 e. The van der Waals surface area contributed by atoms with Crippen molar-refractivity contribution < 1.29 is 54.0 Å². The van der Waals surface area contributed by atoms with E-state index in [1.807, 2.05) is 36.4 Å². The molecule has 312 valence electrons. The molecule has 1 aliphatic carbocycles. The van der Waals surface area contributed by atoms with Gasteiger partial charge >= 0.3 is 0 Å². The fourth-order valence-electron chi connectivity index (χ4n) is 9.36. The van der Waals surface area contributed by atoms with E-state index < -0.39 is 30.1 Å². The van der Waals surface area contributed by atoms with Crippen LogP contribution in [0.2, 0.25) is 0 Å². The third kappa shape index (κ3) is 8.47. The number of phenols is 3. The van der Waals surface area contributed by atoms with Gasteiger partial charge in [0.15, 0.2) is 0 Å². The van der Waals surface area contributed by atoms with Gasteiger partial charge in [-0.2, -0.15) is 0 Å². The molecule has 5 aromatic carbocycles. The van der Waals surface area contributed by atoms with E-state index in [9.17, 15) is 25.5 Å². The van der Waals surface area contributed by atoms with Gasteiger partial charge in [-0.05, 0) is 122 Å². The SMILES string of the molecule is COCCCC1Oc2c(cc(OC)c3cc(O)ccc23)C(OCCCO)C1C1COc2c(Cc3cc(O)ccc3-c3cccc(O)c3)cc(OC3CCCC3)cc2C1O. The lowest BCUT2D eigenvalue weighted by atomic mass is 9.72. The molecule has 0 aromatic heterocycles. The number of fused-ring (bicyclic) bond motifs is 4. The third-order valence-electron chi connectivity index (χ3n) is 12.1. The molecule has 1 saturated carbocycles. The van der Waals surface area contributed by atoms with Gasteiger partial charge in [-0.25, -0.2) is 0 Å². The summed E-state index contributed by atoms with van der Waals surface area (Å²) in [4.78, 5) is 0. The van der Waals surface area contributed by atoms with Crippen molar-refractivity contribution in [2.45, 2.75) is 75.8 Å². The predicted octanol–water partition coefficient (Wildman–Crippen LogP) is 8.53. The first kappa shape index (κ1) is 40.6. The van der Waals surface area contributed by atoms with Gasteiger partial charge in [-0.15, -0.1) is 0 Å². The fraction of sp³-hybridized carbons (Fsp3) is 0.417. The summed E-state index contributed by atoms with van der Waals surface area (Å²) in [6.45, 7) is 0.906. The standard InChI is InChI=1S/C48H54O11/c1-54-18-6-12-42-44(48(56-19-7-17-49)40-26-43(55-2)38-24-33(52)14-16-37(38)47(40)59-42)41-27-57-46-30(23-35(25-39(46)45(41)53)58-34-10-3-4-11-34)20-29-22-32(51)13-15-36(29)28-8-5-9-31(50)21-28/h5,8-9,13-16,21-26,34,41-42,44-45,48-53H,3-4,6-7,10-12,17-20,27H2,1-2H3. The lowest BCUT2D eigenvalue weighted by Crippen LogP contribution is -2.46. The molecule has 59 heavy (non-hydrogen) atoms. The molecule has 11 heteroatoms. The number of hydrogen-bond donors (Lipinski definition) is 5. The highest BCUT2D eigenvalue weighted by molar-refractivity contribution is 5.96. The highest BCUT2D eigenvalue weighted by Crippen LogP contribution is 2.55. The molecule has 5 unspecified atom stereocenters. The Morgan fingerprint density at radius 2 is 1.56 bits per heavy atom. The predicted molar refractivity (Wildman–Crippen MR) is 223 cm³/mol. The van der Waals surface area contributed by atoms with Crippen LogP contribution in [0, 0.1) is 11.8 Å². The number of rotatable bonds is 15. The van der Waals surface area contributed by atoms with E-state index in [1.165, 1.54) is 0 Å². The molecule has 0 radical (unpaired) electrons. The summed E-state index contributed by atoms with van der Waals surface area (Å²) in [7, 11) is 3.26. The molecule has 2 heterocycles. The average molecular weight is 807 g/mol. The molecule has 5 atom stereocenters. The first-order valence-corrected chi connectivity index (χ1v) is 20.7. The van der Waals surface area contributed by atoms with Crippen molar-refractivity contribution in [1.29, 1.82) is 0 Å². The zero-order valence-corrected chi connectivity index (χ0v) is 33.6. The van der Waals surface area contributed by atoms with Crippen LogP contribution in [0.5, 0.6) is 40.2 Å². The van der Waals surface area contributed by atoms with Crippen LogP contribution in [0.25, 0.3) is 21.9 Å². The van der Waals surface area contributed by atoms with Gasteiger partial charge in [-0.1, -0.05) is 18.2 Å². The second-order valence-corrected chi connectivity index (χ2v) is 16.0. The maximum absolute atomic E-state index is 12.8. The first-order valence-electron chi connectivity index (χ1n) is 20.7. The van der Waals surface area contributed by atoms with Crippen molar-refractivity contribution in [3.63, 3.8) is 0 Å². The molecule has 2 aliphatic heterocycles. The Balaban J connectivity index is 1.23. The third-order valence-corrected chi connectivity index (χ3v) is 12.1. The first-order chi connectivity index (χ1) is 28.8. The van der Waals surface area contributed by atoms with Gasteiger partial charge in [0, 0.05) is 72.6 Å². The van der Waals surface area contributed by atoms with Gasteiger partial charge in [-0.3, -0.25) is 0 Å². The van der Waals surface area contributed by atoms with Crippen LogP contribution >= 0.6 is 0 Å². The molecule has 3 aliphatic rings. The quantitative estimate of drug-likeness (QED) is 0.0647. The van der Waals surface area contributed by atoms with Crippen LogP contribution in [-0.4, -0.2) is 78.4 Å². The monoisotopic (exact) mass is 806 g/mol. The minimum absolute atomic E-state index is 0.0419. The number of aromatic hydroxyl groups is 3. The summed E-state index contributed by atoms with van der Waals surface area (Å²) in [5.41, 5.74) is 4.63. The van der Waals surface area contributed by atoms with E-state index >= 15 is 0 Å². The lowest BCUT2D eigenvalue weighted by molar-refractivity contribution is -0.113. The van der Waals surface area contributed by atoms with E-state index in [0.29, 0.717) is 66.2 Å². The van der Waals surface area contributed by atoms with Crippen LogP contribution < -0.4 is 18.9 Å². The lowest BCUT2D eigenvalue weighted by Gasteiger charge is -2.46. The highest BCUT2D eigenvalue weighted by atomic mass is 16.5. The van der Waals surface area contributed by atoms with Gasteiger partial charge < -0.3 is 54.0 Å². The van der Waals surface area contributed by atoms with E-state index in [-0.39, 0.29) is 43.2 Å². The highest BCUT2D eigenvalue weighted by Gasteiger charge is 2.49. The summed E-state index contributed by atoms with van der Waals surface area (Å²) in [6, 6.07) is 23.2. The van der Waals surface area contributed by atoms with E-state index in [0.717, 1.165) is 58.9 Å². The second kappa shape index (κ2) is 18.0. The van der Waals surface area contributed by atoms with Crippen LogP contribution in [0.4, 0.5) is 0 Å². The maximum atomic E-state index is 12.8. The molecule has 5 aromatic rings. The average Bonchev–Trinajstić information content (AvgIpc) is 3.74. The zero-order chi connectivity index (χ0) is 41.0. The summed E-state index contributed by atoms with van der Waals surface area (Å²) in [5, 5.41) is 55.5. The molecule has 0 amide bonds. The van der Waals surface area contributed by atoms with Crippen molar-refractivity contribution in [3.8, 4) is 51.4 Å². The van der Waals surface area contributed by atoms with Crippen LogP contribution in [0.15, 0.2) is 78.9 Å². The topological polar surface area (TPSA) is 157 Å².